The highest BCUT2D eigenvalue weighted by atomic mass is 16.5. The molecule has 110 valence electrons. The maximum Gasteiger partial charge on any atom is 0.174 e. The van der Waals surface area contributed by atoms with Crippen molar-refractivity contribution < 1.29 is 24.9 Å². The number of carbonyl (C=O) groups excluding carboxylic acids is 1. The van der Waals surface area contributed by atoms with Gasteiger partial charge in [-0.25, -0.2) is 0 Å². The molecule has 1 unspecified atom stereocenters. The average Bonchev–Trinajstić information content (AvgIpc) is 2.37. The number of aliphatic hydroxyl groups is 1. The van der Waals surface area contributed by atoms with E-state index in [0.29, 0.717) is 6.42 Å². The van der Waals surface area contributed by atoms with Gasteiger partial charge in [-0.3, -0.25) is 4.79 Å². The van der Waals surface area contributed by atoms with Crippen molar-refractivity contribution in [3.8, 4) is 17.2 Å². The molecule has 2 atom stereocenters. The van der Waals surface area contributed by atoms with Gasteiger partial charge in [0, 0.05) is 12.1 Å². The summed E-state index contributed by atoms with van der Waals surface area (Å²) in [5.41, 5.74) is 0.0381. The summed E-state index contributed by atoms with van der Waals surface area (Å²) in [6.45, 7) is 1.70. The molecule has 5 nitrogen and oxygen atoms in total. The average molecular weight is 288 g/mol. The lowest BCUT2D eigenvalue weighted by Gasteiger charge is -2.29. The molecule has 0 saturated heterocycles. The number of phenolic OH excluding ortho intramolecular Hbond substituents is 2. The van der Waals surface area contributed by atoms with Gasteiger partial charge < -0.3 is 20.1 Å². The third-order valence-electron chi connectivity index (χ3n) is 3.74. The highest BCUT2D eigenvalue weighted by Crippen LogP contribution is 2.39. The smallest absolute Gasteiger partial charge is 0.174 e. The Labute approximate surface area is 121 Å². The molecule has 0 saturated carbocycles. The van der Waals surface area contributed by atoms with Crippen molar-refractivity contribution in [1.29, 1.82) is 0 Å². The normalized spacial score (nSPS) is 27.8. The van der Waals surface area contributed by atoms with E-state index in [-0.39, 0.29) is 35.0 Å². The zero-order valence-electron chi connectivity index (χ0n) is 11.5. The molecule has 1 aromatic carbocycles. The topological polar surface area (TPSA) is 87.0 Å². The molecule has 5 heteroatoms. The Morgan fingerprint density at radius 2 is 2.10 bits per heavy atom. The Bertz CT molecular complexity index is 669. The minimum absolute atomic E-state index is 0.108. The molecular formula is C16H16O5. The number of ketones is 1. The van der Waals surface area contributed by atoms with Gasteiger partial charge in [-0.15, -0.1) is 0 Å². The summed E-state index contributed by atoms with van der Waals surface area (Å²) in [6.07, 6.45) is 5.35. The summed E-state index contributed by atoms with van der Waals surface area (Å²) in [5, 5.41) is 29.1. The van der Waals surface area contributed by atoms with Crippen LogP contribution < -0.4 is 4.74 Å². The van der Waals surface area contributed by atoms with Crippen molar-refractivity contribution in [3.63, 3.8) is 0 Å². The van der Waals surface area contributed by atoms with Gasteiger partial charge in [0.15, 0.2) is 5.78 Å². The maximum atomic E-state index is 12.2. The van der Waals surface area contributed by atoms with Crippen molar-refractivity contribution in [2.75, 3.05) is 0 Å². The zero-order valence-corrected chi connectivity index (χ0v) is 11.5. The Kier molecular flexibility index (Phi) is 3.02. The molecule has 3 N–H and O–H groups in total. The number of rotatable bonds is 1. The molecule has 0 aromatic heterocycles. The number of aromatic hydroxyl groups is 2. The quantitative estimate of drug-likeness (QED) is 0.736. The lowest BCUT2D eigenvalue weighted by molar-refractivity contribution is 0.0878. The van der Waals surface area contributed by atoms with E-state index in [2.05, 4.69) is 0 Å². The molecule has 0 fully saturated rings. The predicted octanol–water partition coefficient (Wildman–Crippen LogP) is 2.07. The monoisotopic (exact) mass is 288 g/mol. The second-order valence-electron chi connectivity index (χ2n) is 5.67. The molecule has 0 spiro atoms. The van der Waals surface area contributed by atoms with Crippen LogP contribution in [0.5, 0.6) is 17.2 Å². The molecule has 1 heterocycles. The standard InChI is InChI=1S/C16H16O5/c1-16(20)4-2-9(3-5-16)13-8-12(19)15-11(18)6-10(17)7-14(15)21-13/h2-4,6-7,13,17-18,20H,5,8H2,1H3/t13-,16?/m0/s1. The van der Waals surface area contributed by atoms with Crippen LogP contribution in [0, 0.1) is 0 Å². The number of hydrogen-bond donors (Lipinski definition) is 3. The van der Waals surface area contributed by atoms with Crippen LogP contribution in [0.25, 0.3) is 0 Å². The molecule has 3 rings (SSSR count). The zero-order chi connectivity index (χ0) is 15.2. The van der Waals surface area contributed by atoms with Gasteiger partial charge in [0.2, 0.25) is 0 Å². The van der Waals surface area contributed by atoms with Crippen LogP contribution in [-0.2, 0) is 0 Å². The van der Waals surface area contributed by atoms with Gasteiger partial charge in [0.1, 0.15) is 28.9 Å². The van der Waals surface area contributed by atoms with E-state index in [1.807, 2.05) is 6.08 Å². The van der Waals surface area contributed by atoms with E-state index in [1.165, 1.54) is 6.07 Å². The Balaban J connectivity index is 1.91. The number of ether oxygens (including phenoxy) is 1. The van der Waals surface area contributed by atoms with Crippen molar-refractivity contribution in [3.05, 3.63) is 41.5 Å². The van der Waals surface area contributed by atoms with Crippen molar-refractivity contribution in [1.82, 2.24) is 0 Å². The molecule has 1 aliphatic carbocycles. The molecule has 0 bridgehead atoms. The van der Waals surface area contributed by atoms with Gasteiger partial charge in [-0.1, -0.05) is 18.2 Å². The third-order valence-corrected chi connectivity index (χ3v) is 3.74. The molecule has 21 heavy (non-hydrogen) atoms. The van der Waals surface area contributed by atoms with E-state index in [4.69, 9.17) is 4.74 Å². The minimum atomic E-state index is -0.878. The van der Waals surface area contributed by atoms with Crippen molar-refractivity contribution in [2.24, 2.45) is 0 Å². The third kappa shape index (κ3) is 2.52. The molecular weight excluding hydrogens is 272 g/mol. The first-order valence-corrected chi connectivity index (χ1v) is 6.73. The fourth-order valence-corrected chi connectivity index (χ4v) is 2.59. The molecule has 2 aliphatic rings. The summed E-state index contributed by atoms with van der Waals surface area (Å²) in [7, 11) is 0. The van der Waals surface area contributed by atoms with E-state index in [0.717, 1.165) is 11.6 Å². The Hall–Kier alpha value is -2.27. The first kappa shape index (κ1) is 13.7. The number of phenols is 2. The van der Waals surface area contributed by atoms with Crippen molar-refractivity contribution in [2.45, 2.75) is 31.5 Å². The number of hydrogen-bond acceptors (Lipinski definition) is 5. The maximum absolute atomic E-state index is 12.2. The van der Waals surface area contributed by atoms with Gasteiger partial charge in [-0.2, -0.15) is 0 Å². The van der Waals surface area contributed by atoms with Crippen LogP contribution in [-0.4, -0.2) is 32.8 Å². The van der Waals surface area contributed by atoms with Crippen LogP contribution in [0.4, 0.5) is 0 Å². The summed E-state index contributed by atoms with van der Waals surface area (Å²) >= 11 is 0. The Morgan fingerprint density at radius 1 is 1.33 bits per heavy atom. The van der Waals surface area contributed by atoms with Gasteiger partial charge in [0.05, 0.1) is 12.0 Å². The second-order valence-corrected chi connectivity index (χ2v) is 5.67. The van der Waals surface area contributed by atoms with Crippen LogP contribution >= 0.6 is 0 Å². The highest BCUT2D eigenvalue weighted by Gasteiger charge is 2.32. The van der Waals surface area contributed by atoms with Crippen molar-refractivity contribution >= 4 is 5.78 Å². The van der Waals surface area contributed by atoms with Crippen LogP contribution in [0.15, 0.2) is 35.9 Å². The highest BCUT2D eigenvalue weighted by molar-refractivity contribution is 6.03. The van der Waals surface area contributed by atoms with Gasteiger partial charge in [-0.05, 0) is 18.9 Å². The van der Waals surface area contributed by atoms with Gasteiger partial charge in [0.25, 0.3) is 0 Å². The molecule has 0 amide bonds. The SMILES string of the molecule is CC1(O)C=CC([C@@H]2CC(=O)c3c(O)cc(O)cc3O2)=CC1. The number of benzene rings is 1. The van der Waals surface area contributed by atoms with E-state index < -0.39 is 11.7 Å². The largest absolute Gasteiger partial charge is 0.508 e. The van der Waals surface area contributed by atoms with Crippen LogP contribution in [0.3, 0.4) is 0 Å². The molecule has 1 aromatic rings. The van der Waals surface area contributed by atoms with Gasteiger partial charge >= 0.3 is 0 Å². The first-order chi connectivity index (χ1) is 9.85. The minimum Gasteiger partial charge on any atom is -0.508 e. The number of carbonyl (C=O) groups is 1. The fourth-order valence-electron chi connectivity index (χ4n) is 2.59. The predicted molar refractivity (Wildman–Crippen MR) is 75.6 cm³/mol. The summed E-state index contributed by atoms with van der Waals surface area (Å²) in [4.78, 5) is 12.2. The van der Waals surface area contributed by atoms with Crippen LogP contribution in [0.2, 0.25) is 0 Å². The number of fused-ring (bicyclic) bond motifs is 1. The van der Waals surface area contributed by atoms with E-state index in [1.54, 1.807) is 19.1 Å². The summed E-state index contributed by atoms with van der Waals surface area (Å²) < 4.78 is 5.73. The molecule has 1 aliphatic heterocycles. The number of Topliss-reactive ketones (excluding diaryl/α,β-unsaturated/α-hetero) is 1. The van der Waals surface area contributed by atoms with E-state index >= 15 is 0 Å². The first-order valence-electron chi connectivity index (χ1n) is 6.73. The summed E-state index contributed by atoms with van der Waals surface area (Å²) in [6, 6.07) is 2.44. The van der Waals surface area contributed by atoms with Crippen LogP contribution in [0.1, 0.15) is 30.1 Å². The second kappa shape index (κ2) is 4.63. The fraction of sp³-hybridized carbons (Fsp3) is 0.312. The van der Waals surface area contributed by atoms with E-state index in [9.17, 15) is 20.1 Å². The summed E-state index contributed by atoms with van der Waals surface area (Å²) in [5.74, 6) is -0.480. The lowest BCUT2D eigenvalue weighted by Crippen LogP contribution is -2.31. The molecule has 0 radical (unpaired) electrons. The Morgan fingerprint density at radius 3 is 2.76 bits per heavy atom. The lowest BCUT2D eigenvalue weighted by atomic mass is 9.88.